The maximum atomic E-state index is 12.5. The van der Waals surface area contributed by atoms with Crippen LogP contribution in [0, 0.1) is 5.41 Å². The number of carbonyl (C=O) groups excluding carboxylic acids is 1. The third kappa shape index (κ3) is 3.53. The fraction of sp³-hybridized carbons (Fsp3) is 0.611. The van der Waals surface area contributed by atoms with Gasteiger partial charge in [-0.25, -0.2) is 0 Å². The summed E-state index contributed by atoms with van der Waals surface area (Å²) in [5, 5.41) is 10.6. The molecule has 1 aromatic carbocycles. The molecule has 2 atom stereocenters. The zero-order valence-corrected chi connectivity index (χ0v) is 14.8. The van der Waals surface area contributed by atoms with E-state index in [9.17, 15) is 9.90 Å². The molecule has 5 nitrogen and oxygen atoms in total. The number of rotatable bonds is 4. The number of nitrogens with zero attached hydrogens (tertiary/aromatic N) is 2. The molecular weight excluding hydrogens is 328 g/mol. The van der Waals surface area contributed by atoms with Gasteiger partial charge in [0.1, 0.15) is 5.75 Å². The maximum absolute atomic E-state index is 12.5. The van der Waals surface area contributed by atoms with E-state index in [1.165, 1.54) is 0 Å². The van der Waals surface area contributed by atoms with Crippen molar-refractivity contribution in [2.24, 2.45) is 5.41 Å². The summed E-state index contributed by atoms with van der Waals surface area (Å²) in [5.74, 6) is 0.639. The molecule has 3 rings (SSSR count). The lowest BCUT2D eigenvalue weighted by Gasteiger charge is -2.53. The number of halogens is 1. The number of hydrogen-bond donors (Lipinski definition) is 1. The molecule has 1 aromatic rings. The highest BCUT2D eigenvalue weighted by Crippen LogP contribution is 2.41. The van der Waals surface area contributed by atoms with Gasteiger partial charge in [-0.15, -0.1) is 0 Å². The van der Waals surface area contributed by atoms with E-state index < -0.39 is 0 Å². The summed E-state index contributed by atoms with van der Waals surface area (Å²) in [6.45, 7) is 2.61. The van der Waals surface area contributed by atoms with Crippen LogP contribution in [0.3, 0.4) is 0 Å². The molecule has 0 saturated carbocycles. The smallest absolute Gasteiger partial charge is 0.260 e. The number of likely N-dealkylation sites (tertiary alicyclic amines) is 2. The molecule has 0 bridgehead atoms. The van der Waals surface area contributed by atoms with Crippen molar-refractivity contribution < 1.29 is 14.6 Å². The Hall–Kier alpha value is -1.30. The van der Waals surface area contributed by atoms with Crippen LogP contribution in [-0.2, 0) is 4.79 Å². The quantitative estimate of drug-likeness (QED) is 0.900. The van der Waals surface area contributed by atoms with Gasteiger partial charge >= 0.3 is 0 Å². The van der Waals surface area contributed by atoms with E-state index in [-0.39, 0.29) is 30.6 Å². The SMILES string of the molecule is CN1CCC[C@]2(CO)CCN(C(=O)COc3ccc(Cl)cc3)C[C@@H]12. The normalized spacial score (nSPS) is 27.6. The number of piperidine rings is 2. The molecule has 2 heterocycles. The number of ether oxygens (including phenoxy) is 1. The summed E-state index contributed by atoms with van der Waals surface area (Å²) in [5.41, 5.74) is -0.0547. The maximum Gasteiger partial charge on any atom is 0.260 e. The van der Waals surface area contributed by atoms with Gasteiger partial charge in [0.2, 0.25) is 0 Å². The molecule has 6 heteroatoms. The van der Waals surface area contributed by atoms with Crippen molar-refractivity contribution in [3.05, 3.63) is 29.3 Å². The van der Waals surface area contributed by atoms with Crippen molar-refractivity contribution in [3.63, 3.8) is 0 Å². The van der Waals surface area contributed by atoms with Gasteiger partial charge in [0.15, 0.2) is 6.61 Å². The van der Waals surface area contributed by atoms with Gasteiger partial charge < -0.3 is 19.6 Å². The predicted octanol–water partition coefficient (Wildman–Crippen LogP) is 2.02. The second kappa shape index (κ2) is 7.30. The number of benzene rings is 1. The Bertz CT molecular complexity index is 580. The van der Waals surface area contributed by atoms with Crippen LogP contribution >= 0.6 is 11.6 Å². The minimum absolute atomic E-state index is 0.00420. The van der Waals surface area contributed by atoms with Gasteiger partial charge in [-0.1, -0.05) is 11.6 Å². The first kappa shape index (κ1) is 17.5. The van der Waals surface area contributed by atoms with Crippen LogP contribution in [0.25, 0.3) is 0 Å². The van der Waals surface area contributed by atoms with Crippen LogP contribution < -0.4 is 4.74 Å². The third-order valence-corrected chi connectivity index (χ3v) is 5.79. The molecule has 2 aliphatic heterocycles. The van der Waals surface area contributed by atoms with Crippen LogP contribution in [0.2, 0.25) is 5.02 Å². The Morgan fingerprint density at radius 3 is 2.79 bits per heavy atom. The molecule has 2 aliphatic rings. The van der Waals surface area contributed by atoms with Gasteiger partial charge in [-0.05, 0) is 57.1 Å². The Labute approximate surface area is 148 Å². The van der Waals surface area contributed by atoms with Crippen LogP contribution in [0.1, 0.15) is 19.3 Å². The summed E-state index contributed by atoms with van der Waals surface area (Å²) in [4.78, 5) is 16.7. The van der Waals surface area contributed by atoms with Crippen LogP contribution in [0.15, 0.2) is 24.3 Å². The van der Waals surface area contributed by atoms with Crippen molar-refractivity contribution in [1.29, 1.82) is 0 Å². The van der Waals surface area contributed by atoms with Gasteiger partial charge in [0, 0.05) is 29.6 Å². The van der Waals surface area contributed by atoms with E-state index in [0.29, 0.717) is 23.9 Å². The van der Waals surface area contributed by atoms with E-state index in [1.54, 1.807) is 24.3 Å². The highest BCUT2D eigenvalue weighted by Gasteiger charge is 2.47. The minimum atomic E-state index is -0.0547. The van der Waals surface area contributed by atoms with Crippen molar-refractivity contribution >= 4 is 17.5 Å². The van der Waals surface area contributed by atoms with Crippen molar-refractivity contribution in [2.45, 2.75) is 25.3 Å². The largest absolute Gasteiger partial charge is 0.484 e. The Morgan fingerprint density at radius 1 is 1.33 bits per heavy atom. The lowest BCUT2D eigenvalue weighted by Crippen LogP contribution is -2.62. The summed E-state index contributed by atoms with van der Waals surface area (Å²) >= 11 is 5.85. The zero-order valence-electron chi connectivity index (χ0n) is 14.1. The number of aliphatic hydroxyl groups is 1. The van der Waals surface area contributed by atoms with Gasteiger partial charge in [0.25, 0.3) is 5.91 Å². The summed E-state index contributed by atoms with van der Waals surface area (Å²) < 4.78 is 5.58. The Balaban J connectivity index is 1.59. The second-order valence-corrected chi connectivity index (χ2v) is 7.39. The molecule has 0 unspecified atom stereocenters. The zero-order chi connectivity index (χ0) is 17.2. The number of aliphatic hydroxyl groups excluding tert-OH is 1. The van der Waals surface area contributed by atoms with E-state index >= 15 is 0 Å². The number of carbonyl (C=O) groups is 1. The average molecular weight is 353 g/mol. The topological polar surface area (TPSA) is 53.0 Å². The van der Waals surface area contributed by atoms with E-state index in [0.717, 1.165) is 25.8 Å². The molecule has 0 aromatic heterocycles. The highest BCUT2D eigenvalue weighted by molar-refractivity contribution is 6.30. The fourth-order valence-corrected chi connectivity index (χ4v) is 4.14. The molecule has 0 aliphatic carbocycles. The molecule has 24 heavy (non-hydrogen) atoms. The van der Waals surface area contributed by atoms with E-state index in [2.05, 4.69) is 11.9 Å². The predicted molar refractivity (Wildman–Crippen MR) is 93.3 cm³/mol. The second-order valence-electron chi connectivity index (χ2n) is 6.95. The molecule has 132 valence electrons. The fourth-order valence-electron chi connectivity index (χ4n) is 4.01. The lowest BCUT2D eigenvalue weighted by atomic mass is 9.69. The van der Waals surface area contributed by atoms with E-state index in [4.69, 9.17) is 16.3 Å². The van der Waals surface area contributed by atoms with Crippen molar-refractivity contribution in [2.75, 3.05) is 39.9 Å². The molecule has 2 fully saturated rings. The van der Waals surface area contributed by atoms with Gasteiger partial charge in [0.05, 0.1) is 6.61 Å². The van der Waals surface area contributed by atoms with Crippen LogP contribution in [0.5, 0.6) is 5.75 Å². The first-order valence-electron chi connectivity index (χ1n) is 8.51. The number of likely N-dealkylation sites (N-methyl/N-ethyl adjacent to an activating group) is 1. The first-order valence-corrected chi connectivity index (χ1v) is 8.89. The summed E-state index contributed by atoms with van der Waals surface area (Å²) in [6.07, 6.45) is 3.01. The van der Waals surface area contributed by atoms with Crippen molar-refractivity contribution in [1.82, 2.24) is 9.80 Å². The minimum Gasteiger partial charge on any atom is -0.484 e. The number of amides is 1. The van der Waals surface area contributed by atoms with E-state index in [1.807, 2.05) is 4.90 Å². The molecule has 0 radical (unpaired) electrons. The molecular formula is C18H25ClN2O3. The molecule has 0 spiro atoms. The first-order chi connectivity index (χ1) is 11.5. The van der Waals surface area contributed by atoms with Crippen molar-refractivity contribution in [3.8, 4) is 5.75 Å². The molecule has 1 amide bonds. The summed E-state index contributed by atoms with van der Waals surface area (Å²) in [6, 6.07) is 7.24. The van der Waals surface area contributed by atoms with Gasteiger partial charge in [-0.3, -0.25) is 4.79 Å². The monoisotopic (exact) mass is 352 g/mol. The standard InChI is InChI=1S/C18H25ClN2O3/c1-20-9-2-7-18(13-22)8-10-21(11-16(18)20)17(23)12-24-15-5-3-14(19)4-6-15/h3-6,16,22H,2,7-13H2,1H3/t16-,18-/m1/s1. The number of hydrogen-bond acceptors (Lipinski definition) is 4. The Morgan fingerprint density at radius 2 is 2.08 bits per heavy atom. The lowest BCUT2D eigenvalue weighted by molar-refractivity contribution is -0.141. The Kier molecular flexibility index (Phi) is 5.33. The highest BCUT2D eigenvalue weighted by atomic mass is 35.5. The summed E-state index contributed by atoms with van der Waals surface area (Å²) in [7, 11) is 2.09. The molecule has 1 N–H and O–H groups in total. The molecule has 2 saturated heterocycles. The van der Waals surface area contributed by atoms with Crippen LogP contribution in [-0.4, -0.2) is 66.8 Å². The van der Waals surface area contributed by atoms with Gasteiger partial charge in [-0.2, -0.15) is 0 Å². The third-order valence-electron chi connectivity index (χ3n) is 5.54. The average Bonchev–Trinajstić information content (AvgIpc) is 2.61. The van der Waals surface area contributed by atoms with Crippen LogP contribution in [0.4, 0.5) is 0 Å². The number of fused-ring (bicyclic) bond motifs is 1.